The molecule has 1 aliphatic heterocycles. The molecule has 0 saturated heterocycles. The number of hydrogen-bond donors (Lipinski definition) is 1. The Labute approximate surface area is 155 Å². The molecule has 0 amide bonds. The Morgan fingerprint density at radius 3 is 2.69 bits per heavy atom. The normalized spacial score (nSPS) is 22.9. The van der Waals surface area contributed by atoms with E-state index in [2.05, 4.69) is 48.3 Å². The first-order valence-electron chi connectivity index (χ1n) is 9.15. The van der Waals surface area contributed by atoms with Crippen molar-refractivity contribution in [2.45, 2.75) is 25.3 Å². The number of para-hydroxylation sites is 2. The fourth-order valence-electron chi connectivity index (χ4n) is 4.15. The molecule has 1 heterocycles. The Balaban J connectivity index is 1.77. The highest BCUT2D eigenvalue weighted by Crippen LogP contribution is 2.53. The molecule has 3 heteroatoms. The second-order valence-electron chi connectivity index (χ2n) is 7.18. The highest BCUT2D eigenvalue weighted by Gasteiger charge is 2.39. The molecule has 0 radical (unpaired) electrons. The quantitative estimate of drug-likeness (QED) is 0.727. The first-order chi connectivity index (χ1) is 12.7. The number of hydrogen-bond acceptors (Lipinski definition) is 3. The average molecular weight is 347 g/mol. The monoisotopic (exact) mass is 347 g/mol. The highest BCUT2D eigenvalue weighted by atomic mass is 16.5. The van der Waals surface area contributed by atoms with Crippen LogP contribution in [0.3, 0.4) is 0 Å². The highest BCUT2D eigenvalue weighted by molar-refractivity contribution is 5.68. The Morgan fingerprint density at radius 1 is 1.12 bits per heavy atom. The summed E-state index contributed by atoms with van der Waals surface area (Å²) in [5, 5.41) is 3.78. The average Bonchev–Trinajstić information content (AvgIpc) is 3.15. The van der Waals surface area contributed by atoms with E-state index in [9.17, 15) is 0 Å². The summed E-state index contributed by atoms with van der Waals surface area (Å²) in [7, 11) is 1.74. The molecule has 26 heavy (non-hydrogen) atoms. The fourth-order valence-corrected chi connectivity index (χ4v) is 4.15. The third-order valence-electron chi connectivity index (χ3n) is 5.31. The Bertz CT molecular complexity index is 855. The number of fused-ring (bicyclic) bond motifs is 3. The zero-order chi connectivity index (χ0) is 18.1. The van der Waals surface area contributed by atoms with Crippen molar-refractivity contribution in [3.05, 3.63) is 77.9 Å². The van der Waals surface area contributed by atoms with Gasteiger partial charge in [-0.1, -0.05) is 49.1 Å². The second kappa shape index (κ2) is 6.91. The van der Waals surface area contributed by atoms with E-state index in [0.717, 1.165) is 29.2 Å². The maximum atomic E-state index is 6.04. The molecule has 2 aromatic rings. The van der Waals surface area contributed by atoms with Crippen LogP contribution in [0.5, 0.6) is 11.5 Å². The number of nitrogens with one attached hydrogen (secondary N) is 1. The largest absolute Gasteiger partial charge is 0.496 e. The Hall–Kier alpha value is -2.68. The third kappa shape index (κ3) is 2.88. The molecule has 1 aliphatic carbocycles. The van der Waals surface area contributed by atoms with Crippen LogP contribution in [0.4, 0.5) is 5.69 Å². The van der Waals surface area contributed by atoms with Crippen molar-refractivity contribution in [3.8, 4) is 11.5 Å². The van der Waals surface area contributed by atoms with Gasteiger partial charge in [0.1, 0.15) is 18.1 Å². The Morgan fingerprint density at radius 2 is 1.88 bits per heavy atom. The lowest BCUT2D eigenvalue weighted by atomic mass is 9.76. The van der Waals surface area contributed by atoms with E-state index in [4.69, 9.17) is 9.47 Å². The molecule has 0 spiro atoms. The van der Waals surface area contributed by atoms with E-state index < -0.39 is 0 Å². The van der Waals surface area contributed by atoms with Gasteiger partial charge in [-0.25, -0.2) is 0 Å². The molecule has 3 unspecified atom stereocenters. The fraction of sp³-hybridized carbons (Fsp3) is 0.304. The summed E-state index contributed by atoms with van der Waals surface area (Å²) in [5.41, 5.74) is 4.62. The third-order valence-corrected chi connectivity index (χ3v) is 5.31. The summed E-state index contributed by atoms with van der Waals surface area (Å²) in [6.45, 7) is 6.46. The first-order valence-corrected chi connectivity index (χ1v) is 9.15. The number of anilines is 1. The molecular weight excluding hydrogens is 322 g/mol. The Kier molecular flexibility index (Phi) is 4.46. The van der Waals surface area contributed by atoms with Crippen LogP contribution in [0.2, 0.25) is 0 Å². The van der Waals surface area contributed by atoms with E-state index in [1.165, 1.54) is 11.1 Å². The maximum Gasteiger partial charge on any atom is 0.143 e. The molecule has 134 valence electrons. The van der Waals surface area contributed by atoms with Crippen molar-refractivity contribution in [2.24, 2.45) is 5.92 Å². The van der Waals surface area contributed by atoms with Crippen molar-refractivity contribution in [3.63, 3.8) is 0 Å². The minimum absolute atomic E-state index is 0.188. The predicted molar refractivity (Wildman–Crippen MR) is 106 cm³/mol. The molecule has 3 atom stereocenters. The van der Waals surface area contributed by atoms with Gasteiger partial charge in [0.2, 0.25) is 0 Å². The number of benzene rings is 2. The van der Waals surface area contributed by atoms with Crippen molar-refractivity contribution < 1.29 is 9.47 Å². The summed E-state index contributed by atoms with van der Waals surface area (Å²) in [4.78, 5) is 0. The summed E-state index contributed by atoms with van der Waals surface area (Å²) in [6, 6.07) is 14.8. The molecule has 0 aromatic heterocycles. The van der Waals surface area contributed by atoms with Gasteiger partial charge in [-0.2, -0.15) is 0 Å². The van der Waals surface area contributed by atoms with Crippen LogP contribution in [0.15, 0.2) is 66.8 Å². The van der Waals surface area contributed by atoms with Gasteiger partial charge in [-0.15, -0.1) is 0 Å². The summed E-state index contributed by atoms with van der Waals surface area (Å²) in [6.07, 6.45) is 5.71. The smallest absolute Gasteiger partial charge is 0.143 e. The van der Waals surface area contributed by atoms with Crippen LogP contribution in [0.25, 0.3) is 0 Å². The number of allylic oxidation sites excluding steroid dienone is 2. The molecule has 0 saturated carbocycles. The molecule has 0 bridgehead atoms. The predicted octanol–water partition coefficient (Wildman–Crippen LogP) is 5.48. The van der Waals surface area contributed by atoms with E-state index in [1.54, 1.807) is 7.11 Å². The molecule has 1 N–H and O–H groups in total. The van der Waals surface area contributed by atoms with Crippen LogP contribution in [0.1, 0.15) is 36.4 Å². The van der Waals surface area contributed by atoms with Crippen LogP contribution in [0, 0.1) is 5.92 Å². The molecule has 3 nitrogen and oxygen atoms in total. The zero-order valence-corrected chi connectivity index (χ0v) is 15.4. The van der Waals surface area contributed by atoms with Crippen LogP contribution in [-0.4, -0.2) is 13.7 Å². The minimum Gasteiger partial charge on any atom is -0.496 e. The van der Waals surface area contributed by atoms with Gasteiger partial charge in [0, 0.05) is 11.5 Å². The van der Waals surface area contributed by atoms with E-state index in [1.807, 2.05) is 25.1 Å². The van der Waals surface area contributed by atoms with E-state index >= 15 is 0 Å². The molecular formula is C23H25NO2. The number of ether oxygens (including phenoxy) is 2. The van der Waals surface area contributed by atoms with Gasteiger partial charge in [0.15, 0.2) is 0 Å². The lowest BCUT2D eigenvalue weighted by molar-refractivity contribution is 0.346. The van der Waals surface area contributed by atoms with Gasteiger partial charge in [0.25, 0.3) is 0 Å². The summed E-state index contributed by atoms with van der Waals surface area (Å²) >= 11 is 0. The van der Waals surface area contributed by atoms with Gasteiger partial charge >= 0.3 is 0 Å². The molecule has 4 rings (SSSR count). The summed E-state index contributed by atoms with van der Waals surface area (Å²) < 4.78 is 11.7. The van der Waals surface area contributed by atoms with Crippen molar-refractivity contribution in [1.82, 2.24) is 0 Å². The molecule has 0 fully saturated rings. The lowest BCUT2D eigenvalue weighted by Crippen LogP contribution is -2.29. The SMILES string of the molecule is C=C(C)COc1cccc2c1NC(c1ccccc1OC)C1CC=CC21. The topological polar surface area (TPSA) is 30.5 Å². The number of methoxy groups -OCH3 is 1. The molecule has 2 aliphatic rings. The molecule has 2 aromatic carbocycles. The summed E-state index contributed by atoms with van der Waals surface area (Å²) in [5.74, 6) is 2.70. The maximum absolute atomic E-state index is 6.04. The minimum atomic E-state index is 0.188. The van der Waals surface area contributed by atoms with E-state index in [-0.39, 0.29) is 6.04 Å². The van der Waals surface area contributed by atoms with E-state index in [0.29, 0.717) is 18.4 Å². The van der Waals surface area contributed by atoms with Gasteiger partial charge in [-0.3, -0.25) is 0 Å². The van der Waals surface area contributed by atoms with Crippen LogP contribution >= 0.6 is 0 Å². The van der Waals surface area contributed by atoms with Crippen LogP contribution in [-0.2, 0) is 0 Å². The zero-order valence-electron chi connectivity index (χ0n) is 15.4. The van der Waals surface area contributed by atoms with Crippen molar-refractivity contribution >= 4 is 5.69 Å². The lowest BCUT2D eigenvalue weighted by Gasteiger charge is -2.38. The van der Waals surface area contributed by atoms with Gasteiger partial charge < -0.3 is 14.8 Å². The second-order valence-corrected chi connectivity index (χ2v) is 7.18. The standard InChI is InChI=1S/C23H25NO2/c1-15(2)14-26-21-13-7-11-18-16-9-6-10-17(16)22(24-23(18)21)19-8-4-5-12-20(19)25-3/h4-9,11-13,16-17,22,24H,1,10,14H2,2-3H3. The first kappa shape index (κ1) is 16.8. The van der Waals surface area contributed by atoms with Gasteiger partial charge in [-0.05, 0) is 42.5 Å². The van der Waals surface area contributed by atoms with Crippen molar-refractivity contribution in [1.29, 1.82) is 0 Å². The van der Waals surface area contributed by atoms with Crippen molar-refractivity contribution in [2.75, 3.05) is 19.0 Å². The van der Waals surface area contributed by atoms with Crippen LogP contribution < -0.4 is 14.8 Å². The van der Waals surface area contributed by atoms with Gasteiger partial charge in [0.05, 0.1) is 18.8 Å². The number of rotatable bonds is 5.